The van der Waals surface area contributed by atoms with Crippen LogP contribution >= 0.6 is 22.6 Å². The van der Waals surface area contributed by atoms with E-state index < -0.39 is 11.7 Å². The molecule has 0 saturated carbocycles. The first-order valence-corrected chi connectivity index (χ1v) is 9.95. The third-order valence-electron chi connectivity index (χ3n) is 4.18. The van der Waals surface area contributed by atoms with E-state index in [4.69, 9.17) is 0 Å². The number of rotatable bonds is 4. The first kappa shape index (κ1) is 21.4. The molecule has 4 nitrogen and oxygen atoms in total. The van der Waals surface area contributed by atoms with E-state index in [2.05, 4.69) is 43.2 Å². The summed E-state index contributed by atoms with van der Waals surface area (Å²) in [6, 6.07) is 14.7. The van der Waals surface area contributed by atoms with E-state index in [9.17, 15) is 13.2 Å². The van der Waals surface area contributed by atoms with Crippen LogP contribution in [0.1, 0.15) is 31.9 Å². The maximum atomic E-state index is 13.5. The summed E-state index contributed by atoms with van der Waals surface area (Å²) in [4.78, 5) is 7.97. The average molecular weight is 512 g/mol. The molecule has 3 aromatic rings. The minimum absolute atomic E-state index is 0.0787. The summed E-state index contributed by atoms with van der Waals surface area (Å²) in [5, 5.41) is 5.83. The Morgan fingerprint density at radius 2 is 1.52 bits per heavy atom. The van der Waals surface area contributed by atoms with Crippen LogP contribution in [-0.2, 0) is 11.6 Å². The fourth-order valence-electron chi connectivity index (χ4n) is 2.78. The van der Waals surface area contributed by atoms with Crippen LogP contribution in [0.3, 0.4) is 0 Å². The van der Waals surface area contributed by atoms with Gasteiger partial charge in [0.2, 0.25) is 5.95 Å². The van der Waals surface area contributed by atoms with Crippen molar-refractivity contribution in [3.8, 4) is 0 Å². The molecule has 0 aliphatic carbocycles. The largest absolute Gasteiger partial charge is 0.421 e. The fourth-order valence-corrected chi connectivity index (χ4v) is 3.14. The Bertz CT molecular complexity index is 996. The molecule has 0 aliphatic rings. The van der Waals surface area contributed by atoms with E-state index in [0.717, 1.165) is 15.3 Å². The normalized spacial score (nSPS) is 12.0. The first-order chi connectivity index (χ1) is 13.5. The third-order valence-corrected chi connectivity index (χ3v) is 4.90. The van der Waals surface area contributed by atoms with Crippen LogP contribution in [0.4, 0.5) is 36.3 Å². The number of benzene rings is 2. The van der Waals surface area contributed by atoms with Crippen molar-refractivity contribution in [3.63, 3.8) is 0 Å². The number of para-hydroxylation sites is 1. The smallest absolute Gasteiger partial charge is 0.339 e. The summed E-state index contributed by atoms with van der Waals surface area (Å²) in [5.74, 6) is -0.216. The van der Waals surface area contributed by atoms with Crippen molar-refractivity contribution in [3.05, 3.63) is 69.4 Å². The van der Waals surface area contributed by atoms with E-state index >= 15 is 0 Å². The molecule has 8 heteroatoms. The van der Waals surface area contributed by atoms with Crippen molar-refractivity contribution in [2.75, 3.05) is 10.6 Å². The highest BCUT2D eigenvalue weighted by Crippen LogP contribution is 2.37. The maximum Gasteiger partial charge on any atom is 0.421 e. The van der Waals surface area contributed by atoms with Gasteiger partial charge in [-0.05, 0) is 63.9 Å². The molecule has 1 heterocycles. The molecule has 0 fully saturated rings. The molecule has 0 bridgehead atoms. The lowest BCUT2D eigenvalue weighted by Crippen LogP contribution is -2.16. The van der Waals surface area contributed by atoms with Gasteiger partial charge in [0, 0.05) is 21.1 Å². The molecule has 2 N–H and O–H groups in total. The van der Waals surface area contributed by atoms with Gasteiger partial charge in [-0.25, -0.2) is 4.98 Å². The monoisotopic (exact) mass is 512 g/mol. The average Bonchev–Trinajstić information content (AvgIpc) is 2.62. The molecular weight excluding hydrogens is 492 g/mol. The second-order valence-corrected chi connectivity index (χ2v) is 8.75. The van der Waals surface area contributed by atoms with Gasteiger partial charge in [-0.1, -0.05) is 39.0 Å². The Balaban J connectivity index is 2.01. The minimum atomic E-state index is -4.58. The molecule has 0 spiro atoms. The third kappa shape index (κ3) is 5.37. The van der Waals surface area contributed by atoms with Gasteiger partial charge in [-0.3, -0.25) is 0 Å². The number of anilines is 4. The van der Waals surface area contributed by atoms with Crippen LogP contribution in [0.15, 0.2) is 54.7 Å². The number of hydrogen-bond acceptors (Lipinski definition) is 4. The van der Waals surface area contributed by atoms with Gasteiger partial charge in [0.25, 0.3) is 0 Å². The molecule has 0 atom stereocenters. The lowest BCUT2D eigenvalue weighted by Gasteiger charge is -2.24. The summed E-state index contributed by atoms with van der Waals surface area (Å²) in [7, 11) is 0. The number of nitrogens with zero attached hydrogens (tertiary/aromatic N) is 2. The fraction of sp³-hybridized carbons (Fsp3) is 0.238. The molecule has 1 aromatic heterocycles. The van der Waals surface area contributed by atoms with E-state index in [1.54, 1.807) is 12.1 Å². The molecule has 0 radical (unpaired) electrons. The van der Waals surface area contributed by atoms with E-state index in [1.165, 1.54) is 0 Å². The molecule has 0 saturated heterocycles. The van der Waals surface area contributed by atoms with Crippen LogP contribution < -0.4 is 10.6 Å². The van der Waals surface area contributed by atoms with Gasteiger partial charge in [0.15, 0.2) is 0 Å². The standard InChI is InChI=1S/C21H20F3IN4/c1-20(2,3)15-6-4-5-7-17(15)28-18-16(21(22,23)24)12-26-19(29-18)27-14-10-8-13(25)9-11-14/h4-12H,1-3H3,(H2,26,27,28,29). The Morgan fingerprint density at radius 1 is 0.862 bits per heavy atom. The van der Waals surface area contributed by atoms with Gasteiger partial charge in [0.05, 0.1) is 0 Å². The highest BCUT2D eigenvalue weighted by molar-refractivity contribution is 14.1. The Labute approximate surface area is 181 Å². The van der Waals surface area contributed by atoms with Crippen molar-refractivity contribution in [2.24, 2.45) is 0 Å². The number of halogens is 4. The maximum absolute atomic E-state index is 13.5. The number of nitrogens with one attached hydrogen (secondary N) is 2. The van der Waals surface area contributed by atoms with Crippen molar-refractivity contribution in [1.82, 2.24) is 9.97 Å². The molecule has 29 heavy (non-hydrogen) atoms. The van der Waals surface area contributed by atoms with Crippen LogP contribution in [-0.4, -0.2) is 9.97 Å². The van der Waals surface area contributed by atoms with Crippen LogP contribution in [0.5, 0.6) is 0 Å². The molecule has 2 aromatic carbocycles. The first-order valence-electron chi connectivity index (χ1n) is 8.87. The zero-order valence-corrected chi connectivity index (χ0v) is 18.3. The SMILES string of the molecule is CC(C)(C)c1ccccc1Nc1nc(Nc2ccc(I)cc2)ncc1C(F)(F)F. The predicted octanol–water partition coefficient (Wildman–Crippen LogP) is 6.88. The van der Waals surface area contributed by atoms with Crippen molar-refractivity contribution in [1.29, 1.82) is 0 Å². The summed E-state index contributed by atoms with van der Waals surface area (Å²) in [6.45, 7) is 6.01. The zero-order chi connectivity index (χ0) is 21.2. The van der Waals surface area contributed by atoms with Gasteiger partial charge in [-0.2, -0.15) is 18.2 Å². The zero-order valence-electron chi connectivity index (χ0n) is 16.1. The van der Waals surface area contributed by atoms with Crippen LogP contribution in [0.2, 0.25) is 0 Å². The molecule has 152 valence electrons. The summed E-state index contributed by atoms with van der Waals surface area (Å²) in [6.07, 6.45) is -3.79. The predicted molar refractivity (Wildman–Crippen MR) is 118 cm³/mol. The van der Waals surface area contributed by atoms with E-state index in [-0.39, 0.29) is 17.2 Å². The van der Waals surface area contributed by atoms with Gasteiger partial charge in [-0.15, -0.1) is 0 Å². The molecule has 0 aliphatic heterocycles. The lowest BCUT2D eigenvalue weighted by atomic mass is 9.86. The van der Waals surface area contributed by atoms with Gasteiger partial charge < -0.3 is 10.6 Å². The van der Waals surface area contributed by atoms with Crippen molar-refractivity contribution < 1.29 is 13.2 Å². The molecule has 3 rings (SSSR count). The second-order valence-electron chi connectivity index (χ2n) is 7.51. The molecule has 0 amide bonds. The minimum Gasteiger partial charge on any atom is -0.339 e. The Kier molecular flexibility index (Phi) is 6.02. The number of aromatic nitrogens is 2. The highest BCUT2D eigenvalue weighted by atomic mass is 127. The van der Waals surface area contributed by atoms with Gasteiger partial charge >= 0.3 is 6.18 Å². The summed E-state index contributed by atoms with van der Waals surface area (Å²) >= 11 is 2.17. The molecular formula is C21H20F3IN4. The van der Waals surface area contributed by atoms with Crippen LogP contribution in [0, 0.1) is 3.57 Å². The van der Waals surface area contributed by atoms with E-state index in [0.29, 0.717) is 11.4 Å². The lowest BCUT2D eigenvalue weighted by molar-refractivity contribution is -0.137. The van der Waals surface area contributed by atoms with E-state index in [1.807, 2.05) is 57.2 Å². The highest BCUT2D eigenvalue weighted by Gasteiger charge is 2.35. The Hall–Kier alpha value is -2.36. The topological polar surface area (TPSA) is 49.8 Å². The van der Waals surface area contributed by atoms with Gasteiger partial charge in [0.1, 0.15) is 11.4 Å². The van der Waals surface area contributed by atoms with Crippen molar-refractivity contribution >= 4 is 45.7 Å². The summed E-state index contributed by atoms with van der Waals surface area (Å²) in [5.41, 5.74) is 0.973. The number of hydrogen-bond donors (Lipinski definition) is 2. The molecule has 0 unspecified atom stereocenters. The Morgan fingerprint density at radius 3 is 2.14 bits per heavy atom. The second kappa shape index (κ2) is 8.17. The van der Waals surface area contributed by atoms with Crippen LogP contribution in [0.25, 0.3) is 0 Å². The summed E-state index contributed by atoms with van der Waals surface area (Å²) < 4.78 is 41.7. The number of alkyl halides is 3. The van der Waals surface area contributed by atoms with Crippen molar-refractivity contribution in [2.45, 2.75) is 32.4 Å². The quantitative estimate of drug-likeness (QED) is 0.374.